The molecule has 3 aromatic carbocycles. The molecule has 0 bridgehead atoms. The van der Waals surface area contributed by atoms with Crippen molar-refractivity contribution in [3.63, 3.8) is 0 Å². The highest BCUT2D eigenvalue weighted by Gasteiger charge is 2.21. The number of carbonyl (C=O) groups is 2. The Bertz CT molecular complexity index is 1010. The molecule has 1 aliphatic rings. The first kappa shape index (κ1) is 19.7. The molecule has 0 saturated carbocycles. The molecule has 1 N–H and O–H groups in total. The minimum atomic E-state index is -0.646. The lowest BCUT2D eigenvalue weighted by Crippen LogP contribution is -2.30. The van der Waals surface area contributed by atoms with Crippen LogP contribution in [-0.4, -0.2) is 24.5 Å². The summed E-state index contributed by atoms with van der Waals surface area (Å²) in [7, 11) is 0. The molecule has 5 heteroatoms. The van der Waals surface area contributed by atoms with Gasteiger partial charge in [0.2, 0.25) is 5.91 Å². The van der Waals surface area contributed by atoms with Crippen molar-refractivity contribution in [3.05, 3.63) is 78.9 Å². The highest BCUT2D eigenvalue weighted by Crippen LogP contribution is 2.24. The predicted octanol–water partition coefficient (Wildman–Crippen LogP) is 4.89. The molecule has 2 amide bonds. The van der Waals surface area contributed by atoms with E-state index in [0.717, 1.165) is 29.8 Å². The lowest BCUT2D eigenvalue weighted by molar-refractivity contribution is -0.122. The maximum Gasteiger partial charge on any atom is 0.265 e. The molecule has 0 aliphatic carbocycles. The summed E-state index contributed by atoms with van der Waals surface area (Å²) in [6, 6.07) is 25.1. The summed E-state index contributed by atoms with van der Waals surface area (Å²) in [6.45, 7) is 2.47. The van der Waals surface area contributed by atoms with Crippen molar-refractivity contribution >= 4 is 23.2 Å². The zero-order valence-electron chi connectivity index (χ0n) is 16.9. The third-order valence-corrected chi connectivity index (χ3v) is 5.16. The van der Waals surface area contributed by atoms with Gasteiger partial charge < -0.3 is 15.0 Å². The number of benzene rings is 3. The molecular weight excluding hydrogens is 376 g/mol. The number of ether oxygens (including phenoxy) is 1. The zero-order valence-corrected chi connectivity index (χ0v) is 16.9. The molecule has 1 atom stereocenters. The van der Waals surface area contributed by atoms with E-state index < -0.39 is 6.10 Å². The van der Waals surface area contributed by atoms with E-state index >= 15 is 0 Å². The van der Waals surface area contributed by atoms with Crippen LogP contribution >= 0.6 is 0 Å². The molecule has 30 heavy (non-hydrogen) atoms. The molecule has 4 rings (SSSR count). The predicted molar refractivity (Wildman–Crippen MR) is 119 cm³/mol. The van der Waals surface area contributed by atoms with Crippen LogP contribution in [0.3, 0.4) is 0 Å². The second-order valence-corrected chi connectivity index (χ2v) is 7.34. The van der Waals surface area contributed by atoms with E-state index in [-0.39, 0.29) is 11.8 Å². The van der Waals surface area contributed by atoms with E-state index in [1.54, 1.807) is 24.0 Å². The number of nitrogens with zero attached hydrogens (tertiary/aromatic N) is 1. The largest absolute Gasteiger partial charge is 0.481 e. The minimum Gasteiger partial charge on any atom is -0.481 e. The van der Waals surface area contributed by atoms with Gasteiger partial charge in [-0.05, 0) is 60.9 Å². The van der Waals surface area contributed by atoms with Gasteiger partial charge in [-0.3, -0.25) is 9.59 Å². The Balaban J connectivity index is 1.34. The monoisotopic (exact) mass is 400 g/mol. The molecule has 1 saturated heterocycles. The van der Waals surface area contributed by atoms with Gasteiger partial charge in [-0.2, -0.15) is 0 Å². The van der Waals surface area contributed by atoms with Gasteiger partial charge in [0, 0.05) is 24.3 Å². The average molecular weight is 400 g/mol. The van der Waals surface area contributed by atoms with Crippen molar-refractivity contribution in [2.75, 3.05) is 16.8 Å². The minimum absolute atomic E-state index is 0.145. The number of anilines is 2. The maximum absolute atomic E-state index is 12.5. The summed E-state index contributed by atoms with van der Waals surface area (Å²) < 4.78 is 5.79. The van der Waals surface area contributed by atoms with Crippen LogP contribution in [0.5, 0.6) is 5.75 Å². The summed E-state index contributed by atoms with van der Waals surface area (Å²) in [5.74, 6) is 0.555. The summed E-state index contributed by atoms with van der Waals surface area (Å²) in [6.07, 6.45) is 0.838. The van der Waals surface area contributed by atoms with Crippen LogP contribution in [-0.2, 0) is 9.59 Å². The van der Waals surface area contributed by atoms with Crippen molar-refractivity contribution in [1.82, 2.24) is 0 Å². The van der Waals surface area contributed by atoms with Crippen molar-refractivity contribution in [2.45, 2.75) is 25.9 Å². The number of hydrogen-bond acceptors (Lipinski definition) is 3. The van der Waals surface area contributed by atoms with E-state index in [1.165, 1.54) is 0 Å². The average Bonchev–Trinajstić information content (AvgIpc) is 3.21. The van der Waals surface area contributed by atoms with Gasteiger partial charge >= 0.3 is 0 Å². The highest BCUT2D eigenvalue weighted by molar-refractivity contribution is 5.96. The first-order chi connectivity index (χ1) is 14.6. The topological polar surface area (TPSA) is 58.6 Å². The lowest BCUT2D eigenvalue weighted by Gasteiger charge is -2.17. The Kier molecular flexibility index (Phi) is 5.80. The second kappa shape index (κ2) is 8.82. The second-order valence-electron chi connectivity index (χ2n) is 7.34. The van der Waals surface area contributed by atoms with E-state index in [9.17, 15) is 9.59 Å². The van der Waals surface area contributed by atoms with Crippen LogP contribution in [0.1, 0.15) is 19.8 Å². The van der Waals surface area contributed by atoms with Crippen molar-refractivity contribution in [1.29, 1.82) is 0 Å². The summed E-state index contributed by atoms with van der Waals surface area (Å²) in [5, 5.41) is 2.86. The third kappa shape index (κ3) is 4.51. The molecule has 152 valence electrons. The highest BCUT2D eigenvalue weighted by atomic mass is 16.5. The molecule has 0 spiro atoms. The van der Waals surface area contributed by atoms with Crippen LogP contribution in [0.15, 0.2) is 78.9 Å². The van der Waals surface area contributed by atoms with Crippen molar-refractivity contribution < 1.29 is 14.3 Å². The van der Waals surface area contributed by atoms with Crippen LogP contribution in [0, 0.1) is 0 Å². The zero-order chi connectivity index (χ0) is 20.9. The molecule has 1 heterocycles. The van der Waals surface area contributed by atoms with Crippen LogP contribution in [0.25, 0.3) is 11.1 Å². The summed E-state index contributed by atoms with van der Waals surface area (Å²) in [5.41, 5.74) is 3.76. The number of amides is 2. The van der Waals surface area contributed by atoms with Crippen molar-refractivity contribution in [3.8, 4) is 16.9 Å². The van der Waals surface area contributed by atoms with Gasteiger partial charge in [0.25, 0.3) is 5.91 Å². The molecule has 0 aromatic heterocycles. The van der Waals surface area contributed by atoms with Crippen LogP contribution in [0.2, 0.25) is 0 Å². The van der Waals surface area contributed by atoms with E-state index in [2.05, 4.69) is 17.4 Å². The van der Waals surface area contributed by atoms with Crippen LogP contribution < -0.4 is 15.0 Å². The molecular formula is C25H24N2O3. The lowest BCUT2D eigenvalue weighted by atomic mass is 10.1. The van der Waals surface area contributed by atoms with Gasteiger partial charge in [-0.25, -0.2) is 0 Å². The Morgan fingerprint density at radius 3 is 2.23 bits per heavy atom. The fraction of sp³-hybridized carbons (Fsp3) is 0.200. The summed E-state index contributed by atoms with van der Waals surface area (Å²) in [4.78, 5) is 26.1. The van der Waals surface area contributed by atoms with Gasteiger partial charge in [0.1, 0.15) is 5.75 Å². The first-order valence-corrected chi connectivity index (χ1v) is 10.1. The SMILES string of the molecule is CC(Oc1ccc(-c2ccccc2)cc1)C(=O)Nc1ccc(N2CCCC2=O)cc1. The number of rotatable bonds is 6. The molecule has 1 fully saturated rings. The van der Waals surface area contributed by atoms with Gasteiger partial charge in [0.05, 0.1) is 0 Å². The molecule has 1 aliphatic heterocycles. The molecule has 5 nitrogen and oxygen atoms in total. The van der Waals surface area contributed by atoms with Crippen LogP contribution in [0.4, 0.5) is 11.4 Å². The van der Waals surface area contributed by atoms with Crippen molar-refractivity contribution in [2.24, 2.45) is 0 Å². The van der Waals surface area contributed by atoms with E-state index in [1.807, 2.05) is 54.6 Å². The number of hydrogen-bond donors (Lipinski definition) is 1. The Labute approximate surface area is 176 Å². The Morgan fingerprint density at radius 1 is 0.933 bits per heavy atom. The van der Waals surface area contributed by atoms with Gasteiger partial charge in [0.15, 0.2) is 6.10 Å². The maximum atomic E-state index is 12.5. The van der Waals surface area contributed by atoms with Gasteiger partial charge in [-0.15, -0.1) is 0 Å². The Morgan fingerprint density at radius 2 is 1.60 bits per heavy atom. The standard InChI is InChI=1S/C25H24N2O3/c1-18(30-23-15-9-20(10-16-23)19-6-3-2-4-7-19)25(29)26-21-11-13-22(14-12-21)27-17-5-8-24(27)28/h2-4,6-7,9-16,18H,5,8,17H2,1H3,(H,26,29). The third-order valence-electron chi connectivity index (χ3n) is 5.16. The molecule has 3 aromatic rings. The fourth-order valence-electron chi connectivity index (χ4n) is 3.50. The quantitative estimate of drug-likeness (QED) is 0.641. The number of nitrogens with one attached hydrogen (secondary N) is 1. The molecule has 1 unspecified atom stereocenters. The fourth-order valence-corrected chi connectivity index (χ4v) is 3.50. The van der Waals surface area contributed by atoms with Gasteiger partial charge in [-0.1, -0.05) is 42.5 Å². The Hall–Kier alpha value is -3.60. The van der Waals surface area contributed by atoms with E-state index in [4.69, 9.17) is 4.74 Å². The van der Waals surface area contributed by atoms with E-state index in [0.29, 0.717) is 17.9 Å². The first-order valence-electron chi connectivity index (χ1n) is 10.1. The summed E-state index contributed by atoms with van der Waals surface area (Å²) >= 11 is 0. The smallest absolute Gasteiger partial charge is 0.265 e. The molecule has 0 radical (unpaired) electrons. The number of carbonyl (C=O) groups excluding carboxylic acids is 2. The normalized spacial score (nSPS) is 14.4.